The molecule has 0 spiro atoms. The maximum absolute atomic E-state index is 6.07. The number of hydrogen-bond acceptors (Lipinski definition) is 4. The fraction of sp³-hybridized carbons (Fsp3) is 0.364. The molecule has 0 saturated heterocycles. The SMILES string of the molecule is CCn1c(SCc2cccc(Br)c2)nnc1-c1ccc(OC2CCCC2)cc1. The maximum atomic E-state index is 6.07. The second-order valence-electron chi connectivity index (χ2n) is 7.02. The molecule has 2 aromatic carbocycles. The Hall–Kier alpha value is -1.79. The first kappa shape index (κ1) is 19.5. The second kappa shape index (κ2) is 9.14. The molecule has 1 aromatic heterocycles. The summed E-state index contributed by atoms with van der Waals surface area (Å²) in [6, 6.07) is 16.7. The third kappa shape index (κ3) is 4.61. The van der Waals surface area contributed by atoms with E-state index >= 15 is 0 Å². The number of hydrogen-bond donors (Lipinski definition) is 0. The zero-order valence-electron chi connectivity index (χ0n) is 16.0. The number of benzene rings is 2. The first-order chi connectivity index (χ1) is 13.7. The fourth-order valence-corrected chi connectivity index (χ4v) is 4.94. The van der Waals surface area contributed by atoms with Crippen LogP contribution in [0.25, 0.3) is 11.4 Å². The van der Waals surface area contributed by atoms with Crippen LogP contribution in [0.3, 0.4) is 0 Å². The van der Waals surface area contributed by atoms with Gasteiger partial charge in [-0.25, -0.2) is 0 Å². The average molecular weight is 458 g/mol. The topological polar surface area (TPSA) is 39.9 Å². The van der Waals surface area contributed by atoms with E-state index in [0.717, 1.165) is 39.1 Å². The Morgan fingerprint density at radius 3 is 2.61 bits per heavy atom. The zero-order chi connectivity index (χ0) is 19.3. The molecule has 0 atom stereocenters. The average Bonchev–Trinajstić information content (AvgIpc) is 3.36. The van der Waals surface area contributed by atoms with E-state index in [4.69, 9.17) is 4.74 Å². The Balaban J connectivity index is 1.47. The van der Waals surface area contributed by atoms with Crippen LogP contribution in [0.2, 0.25) is 0 Å². The summed E-state index contributed by atoms with van der Waals surface area (Å²) in [4.78, 5) is 0. The van der Waals surface area contributed by atoms with Gasteiger partial charge in [-0.3, -0.25) is 0 Å². The monoisotopic (exact) mass is 457 g/mol. The van der Waals surface area contributed by atoms with Gasteiger partial charge in [0.2, 0.25) is 0 Å². The van der Waals surface area contributed by atoms with Crippen molar-refractivity contribution in [1.29, 1.82) is 0 Å². The van der Waals surface area contributed by atoms with Gasteiger partial charge in [0.25, 0.3) is 0 Å². The number of aromatic nitrogens is 3. The fourth-order valence-electron chi connectivity index (χ4n) is 3.55. The standard InChI is InChI=1S/C22H24BrN3OS/c1-2-26-21(17-10-12-20(13-11-17)27-19-8-3-4-9-19)24-25-22(26)28-15-16-6-5-7-18(23)14-16/h5-7,10-14,19H,2-4,8-9,15H2,1H3. The minimum Gasteiger partial charge on any atom is -0.490 e. The highest BCUT2D eigenvalue weighted by Crippen LogP contribution is 2.29. The lowest BCUT2D eigenvalue weighted by Gasteiger charge is -2.13. The smallest absolute Gasteiger partial charge is 0.191 e. The molecule has 4 nitrogen and oxygen atoms in total. The van der Waals surface area contributed by atoms with Crippen LogP contribution in [0.5, 0.6) is 5.75 Å². The molecular weight excluding hydrogens is 434 g/mol. The molecule has 4 rings (SSSR count). The van der Waals surface area contributed by atoms with Crippen molar-refractivity contribution >= 4 is 27.7 Å². The minimum atomic E-state index is 0.381. The third-order valence-corrected chi connectivity index (χ3v) is 6.54. The molecule has 1 heterocycles. The Labute approximate surface area is 178 Å². The highest BCUT2D eigenvalue weighted by molar-refractivity contribution is 9.10. The molecular formula is C22H24BrN3OS. The predicted molar refractivity (Wildman–Crippen MR) is 118 cm³/mol. The van der Waals surface area contributed by atoms with Crippen LogP contribution >= 0.6 is 27.7 Å². The van der Waals surface area contributed by atoms with Crippen LogP contribution in [-0.4, -0.2) is 20.9 Å². The molecule has 1 aliphatic carbocycles. The van der Waals surface area contributed by atoms with Gasteiger partial charge in [0.15, 0.2) is 11.0 Å². The summed E-state index contributed by atoms with van der Waals surface area (Å²) in [5.41, 5.74) is 2.34. The van der Waals surface area contributed by atoms with Gasteiger partial charge in [-0.1, -0.05) is 39.8 Å². The van der Waals surface area contributed by atoms with E-state index in [-0.39, 0.29) is 0 Å². The second-order valence-corrected chi connectivity index (χ2v) is 8.88. The zero-order valence-corrected chi connectivity index (χ0v) is 18.4. The van der Waals surface area contributed by atoms with Crippen LogP contribution in [0.1, 0.15) is 38.2 Å². The molecule has 0 aliphatic heterocycles. The van der Waals surface area contributed by atoms with E-state index in [1.54, 1.807) is 11.8 Å². The summed E-state index contributed by atoms with van der Waals surface area (Å²) in [6.07, 6.45) is 5.28. The number of halogens is 1. The Kier molecular flexibility index (Phi) is 6.37. The summed E-state index contributed by atoms with van der Waals surface area (Å²) in [6.45, 7) is 2.97. The minimum absolute atomic E-state index is 0.381. The normalized spacial score (nSPS) is 14.5. The highest BCUT2D eigenvalue weighted by atomic mass is 79.9. The molecule has 1 fully saturated rings. The van der Waals surface area contributed by atoms with Crippen molar-refractivity contribution in [1.82, 2.24) is 14.8 Å². The van der Waals surface area contributed by atoms with Gasteiger partial charge in [-0.15, -0.1) is 10.2 Å². The lowest BCUT2D eigenvalue weighted by atomic mass is 10.2. The van der Waals surface area contributed by atoms with Gasteiger partial charge in [0.05, 0.1) is 6.10 Å². The van der Waals surface area contributed by atoms with Gasteiger partial charge >= 0.3 is 0 Å². The largest absolute Gasteiger partial charge is 0.490 e. The van der Waals surface area contributed by atoms with Crippen LogP contribution in [-0.2, 0) is 12.3 Å². The van der Waals surface area contributed by atoms with Gasteiger partial charge < -0.3 is 9.30 Å². The van der Waals surface area contributed by atoms with Gasteiger partial charge in [-0.2, -0.15) is 0 Å². The quantitative estimate of drug-likeness (QED) is 0.388. The molecule has 0 unspecified atom stereocenters. The van der Waals surface area contributed by atoms with Crippen molar-refractivity contribution in [3.8, 4) is 17.1 Å². The maximum Gasteiger partial charge on any atom is 0.191 e. The summed E-state index contributed by atoms with van der Waals surface area (Å²) in [7, 11) is 0. The predicted octanol–water partition coefficient (Wildman–Crippen LogP) is 6.34. The van der Waals surface area contributed by atoms with Crippen LogP contribution in [0.15, 0.2) is 58.2 Å². The molecule has 28 heavy (non-hydrogen) atoms. The summed E-state index contributed by atoms with van der Waals surface area (Å²) in [5.74, 6) is 2.72. The van der Waals surface area contributed by atoms with Crippen molar-refractivity contribution in [2.24, 2.45) is 0 Å². The molecule has 3 aromatic rings. The van der Waals surface area contributed by atoms with E-state index in [0.29, 0.717) is 6.10 Å². The van der Waals surface area contributed by atoms with E-state index in [2.05, 4.69) is 80.1 Å². The van der Waals surface area contributed by atoms with Crippen molar-refractivity contribution < 1.29 is 4.74 Å². The molecule has 0 bridgehead atoms. The van der Waals surface area contributed by atoms with E-state index in [1.807, 2.05) is 6.07 Å². The number of ether oxygens (including phenoxy) is 1. The van der Waals surface area contributed by atoms with Crippen molar-refractivity contribution in [2.75, 3.05) is 0 Å². The molecule has 6 heteroatoms. The molecule has 1 saturated carbocycles. The van der Waals surface area contributed by atoms with Gasteiger partial charge in [0, 0.05) is 22.3 Å². The highest BCUT2D eigenvalue weighted by Gasteiger charge is 2.17. The Bertz CT molecular complexity index is 920. The van der Waals surface area contributed by atoms with E-state index in [1.165, 1.54) is 31.2 Å². The van der Waals surface area contributed by atoms with Gasteiger partial charge in [0.1, 0.15) is 5.75 Å². The Morgan fingerprint density at radius 2 is 1.89 bits per heavy atom. The number of nitrogens with zero attached hydrogens (tertiary/aromatic N) is 3. The summed E-state index contributed by atoms with van der Waals surface area (Å²) >= 11 is 5.25. The van der Waals surface area contributed by atoms with Crippen LogP contribution < -0.4 is 4.74 Å². The molecule has 146 valence electrons. The third-order valence-electron chi connectivity index (χ3n) is 5.01. The summed E-state index contributed by atoms with van der Waals surface area (Å²) < 4.78 is 9.35. The lowest BCUT2D eigenvalue weighted by Crippen LogP contribution is -2.10. The molecule has 0 N–H and O–H groups in total. The van der Waals surface area contributed by atoms with Crippen LogP contribution in [0, 0.1) is 0 Å². The molecule has 0 amide bonds. The first-order valence-electron chi connectivity index (χ1n) is 9.80. The van der Waals surface area contributed by atoms with Crippen molar-refractivity contribution in [2.45, 2.75) is 56.2 Å². The number of thioether (sulfide) groups is 1. The van der Waals surface area contributed by atoms with Crippen LogP contribution in [0.4, 0.5) is 0 Å². The first-order valence-corrected chi connectivity index (χ1v) is 11.6. The summed E-state index contributed by atoms with van der Waals surface area (Å²) in [5, 5.41) is 9.85. The van der Waals surface area contributed by atoms with Crippen molar-refractivity contribution in [3.05, 3.63) is 58.6 Å². The molecule has 1 aliphatic rings. The van der Waals surface area contributed by atoms with Gasteiger partial charge in [-0.05, 0) is 74.6 Å². The van der Waals surface area contributed by atoms with E-state index in [9.17, 15) is 0 Å². The lowest BCUT2D eigenvalue weighted by molar-refractivity contribution is 0.210. The Morgan fingerprint density at radius 1 is 1.11 bits per heavy atom. The number of rotatable bonds is 7. The molecule has 0 radical (unpaired) electrons. The van der Waals surface area contributed by atoms with E-state index < -0.39 is 0 Å². The van der Waals surface area contributed by atoms with Crippen molar-refractivity contribution in [3.63, 3.8) is 0 Å².